The molecule has 0 amide bonds. The van der Waals surface area contributed by atoms with Gasteiger partial charge in [0.05, 0.1) is 19.8 Å². The molecule has 0 heterocycles. The first-order chi connectivity index (χ1) is 8.42. The first-order valence-electron chi connectivity index (χ1n) is 5.88. The van der Waals surface area contributed by atoms with Crippen molar-refractivity contribution < 1.29 is 18.7 Å². The lowest BCUT2D eigenvalue weighted by atomic mass is 9.89. The fraction of sp³-hybridized carbons (Fsp3) is 0.500. The van der Waals surface area contributed by atoms with Crippen LogP contribution in [0.3, 0.4) is 0 Å². The van der Waals surface area contributed by atoms with Crippen LogP contribution in [0.4, 0.5) is 4.39 Å². The Labute approximate surface area is 107 Å². The van der Waals surface area contributed by atoms with E-state index in [1.54, 1.807) is 6.92 Å². The molecule has 0 saturated carbocycles. The SMILES string of the molecule is COc1cc(F)c(C(=O)C(C)C(C)C)cc1OC. The minimum absolute atomic E-state index is 0.0499. The van der Waals surface area contributed by atoms with Crippen molar-refractivity contribution in [2.45, 2.75) is 20.8 Å². The molecule has 0 bridgehead atoms. The van der Waals surface area contributed by atoms with Crippen molar-refractivity contribution in [1.29, 1.82) is 0 Å². The zero-order valence-electron chi connectivity index (χ0n) is 11.4. The standard InChI is InChI=1S/C14H19FO3/c1-8(2)9(3)14(16)10-6-12(17-4)13(18-5)7-11(10)15/h6-9H,1-5H3. The normalized spacial score (nSPS) is 12.4. The lowest BCUT2D eigenvalue weighted by molar-refractivity contribution is 0.0895. The summed E-state index contributed by atoms with van der Waals surface area (Å²) in [6.07, 6.45) is 0. The van der Waals surface area contributed by atoms with Crippen LogP contribution in [0, 0.1) is 17.7 Å². The molecule has 0 aliphatic carbocycles. The number of carbonyl (C=O) groups is 1. The molecule has 0 aliphatic heterocycles. The number of ketones is 1. The molecule has 0 aliphatic rings. The Morgan fingerprint density at radius 3 is 2.06 bits per heavy atom. The minimum atomic E-state index is -0.579. The average molecular weight is 254 g/mol. The van der Waals surface area contributed by atoms with Gasteiger partial charge in [0.25, 0.3) is 0 Å². The van der Waals surface area contributed by atoms with E-state index in [0.29, 0.717) is 5.75 Å². The summed E-state index contributed by atoms with van der Waals surface area (Å²) >= 11 is 0. The highest BCUT2D eigenvalue weighted by molar-refractivity contribution is 5.98. The van der Waals surface area contributed by atoms with Gasteiger partial charge in [0, 0.05) is 12.0 Å². The van der Waals surface area contributed by atoms with Gasteiger partial charge < -0.3 is 9.47 Å². The highest BCUT2D eigenvalue weighted by Gasteiger charge is 2.23. The van der Waals surface area contributed by atoms with Gasteiger partial charge in [-0.2, -0.15) is 0 Å². The molecule has 4 heteroatoms. The van der Waals surface area contributed by atoms with Crippen LogP contribution >= 0.6 is 0 Å². The van der Waals surface area contributed by atoms with E-state index in [0.717, 1.165) is 0 Å². The molecule has 1 rings (SSSR count). The number of rotatable bonds is 5. The smallest absolute Gasteiger partial charge is 0.169 e. The third-order valence-electron chi connectivity index (χ3n) is 3.15. The van der Waals surface area contributed by atoms with Gasteiger partial charge in [-0.1, -0.05) is 20.8 Å². The molecule has 0 aromatic heterocycles. The maximum Gasteiger partial charge on any atom is 0.169 e. The summed E-state index contributed by atoms with van der Waals surface area (Å²) in [6, 6.07) is 2.58. The molecule has 1 unspecified atom stereocenters. The Morgan fingerprint density at radius 1 is 1.11 bits per heavy atom. The summed E-state index contributed by atoms with van der Waals surface area (Å²) in [4.78, 5) is 12.1. The van der Waals surface area contributed by atoms with Gasteiger partial charge >= 0.3 is 0 Å². The van der Waals surface area contributed by atoms with Crippen molar-refractivity contribution in [3.63, 3.8) is 0 Å². The molecule has 1 aromatic carbocycles. The van der Waals surface area contributed by atoms with E-state index in [-0.39, 0.29) is 28.9 Å². The lowest BCUT2D eigenvalue weighted by Crippen LogP contribution is -2.18. The van der Waals surface area contributed by atoms with Crippen LogP contribution < -0.4 is 9.47 Å². The minimum Gasteiger partial charge on any atom is -0.493 e. The maximum atomic E-state index is 13.9. The fourth-order valence-electron chi connectivity index (χ4n) is 1.59. The third kappa shape index (κ3) is 2.81. The molecular weight excluding hydrogens is 235 g/mol. The van der Waals surface area contributed by atoms with Crippen LogP contribution in [0.15, 0.2) is 12.1 Å². The van der Waals surface area contributed by atoms with Crippen molar-refractivity contribution in [2.75, 3.05) is 14.2 Å². The van der Waals surface area contributed by atoms with E-state index in [4.69, 9.17) is 9.47 Å². The molecule has 100 valence electrons. The lowest BCUT2D eigenvalue weighted by Gasteiger charge is -2.16. The monoisotopic (exact) mass is 254 g/mol. The molecule has 1 atom stereocenters. The van der Waals surface area contributed by atoms with Gasteiger partial charge in [-0.15, -0.1) is 0 Å². The zero-order valence-corrected chi connectivity index (χ0v) is 11.4. The number of Topliss-reactive ketones (excluding diaryl/α,β-unsaturated/α-hetero) is 1. The van der Waals surface area contributed by atoms with E-state index in [2.05, 4.69) is 0 Å². The Bertz CT molecular complexity index is 441. The zero-order chi connectivity index (χ0) is 13.9. The molecule has 0 radical (unpaired) electrons. The second-order valence-corrected chi connectivity index (χ2v) is 4.58. The van der Waals surface area contributed by atoms with E-state index in [9.17, 15) is 9.18 Å². The van der Waals surface area contributed by atoms with Crippen LogP contribution in [0.1, 0.15) is 31.1 Å². The average Bonchev–Trinajstić information content (AvgIpc) is 2.36. The second-order valence-electron chi connectivity index (χ2n) is 4.58. The van der Waals surface area contributed by atoms with E-state index < -0.39 is 5.82 Å². The van der Waals surface area contributed by atoms with E-state index in [1.165, 1.54) is 26.4 Å². The van der Waals surface area contributed by atoms with Crippen LogP contribution in [0.25, 0.3) is 0 Å². The molecule has 1 aromatic rings. The molecule has 0 spiro atoms. The molecular formula is C14H19FO3. The number of hydrogen-bond donors (Lipinski definition) is 0. The maximum absolute atomic E-state index is 13.9. The van der Waals surface area contributed by atoms with Crippen molar-refractivity contribution in [1.82, 2.24) is 0 Å². The summed E-state index contributed by atoms with van der Waals surface area (Å²) in [6.45, 7) is 5.66. The Kier molecular flexibility index (Phi) is 4.70. The Hall–Kier alpha value is -1.58. The van der Waals surface area contributed by atoms with Crippen molar-refractivity contribution in [3.8, 4) is 11.5 Å². The Morgan fingerprint density at radius 2 is 1.61 bits per heavy atom. The van der Waals surface area contributed by atoms with Gasteiger partial charge in [0.15, 0.2) is 17.3 Å². The quantitative estimate of drug-likeness (QED) is 0.756. The predicted molar refractivity (Wildman–Crippen MR) is 67.8 cm³/mol. The number of halogens is 1. The molecule has 18 heavy (non-hydrogen) atoms. The van der Waals surface area contributed by atoms with Crippen molar-refractivity contribution in [2.24, 2.45) is 11.8 Å². The number of benzene rings is 1. The molecule has 0 saturated heterocycles. The summed E-state index contributed by atoms with van der Waals surface area (Å²) in [5.41, 5.74) is 0.0499. The molecule has 3 nitrogen and oxygen atoms in total. The topological polar surface area (TPSA) is 35.5 Å². The first-order valence-corrected chi connectivity index (χ1v) is 5.88. The van der Waals surface area contributed by atoms with Gasteiger partial charge in [-0.05, 0) is 12.0 Å². The first kappa shape index (κ1) is 14.5. The highest BCUT2D eigenvalue weighted by atomic mass is 19.1. The number of methoxy groups -OCH3 is 2. The molecule has 0 fully saturated rings. The summed E-state index contributed by atoms with van der Waals surface area (Å²) < 4.78 is 23.9. The second kappa shape index (κ2) is 5.85. The van der Waals surface area contributed by atoms with Gasteiger partial charge in [0.2, 0.25) is 0 Å². The van der Waals surface area contributed by atoms with Crippen LogP contribution in [-0.4, -0.2) is 20.0 Å². The van der Waals surface area contributed by atoms with Gasteiger partial charge in [-0.3, -0.25) is 4.79 Å². The predicted octanol–water partition coefficient (Wildman–Crippen LogP) is 3.32. The van der Waals surface area contributed by atoms with Crippen LogP contribution in [0.5, 0.6) is 11.5 Å². The van der Waals surface area contributed by atoms with Crippen molar-refractivity contribution >= 4 is 5.78 Å². The summed E-state index contributed by atoms with van der Waals surface area (Å²) in [7, 11) is 2.88. The third-order valence-corrected chi connectivity index (χ3v) is 3.15. The number of hydrogen-bond acceptors (Lipinski definition) is 3. The van der Waals surface area contributed by atoms with Crippen LogP contribution in [-0.2, 0) is 0 Å². The number of ether oxygens (including phenoxy) is 2. The van der Waals surface area contributed by atoms with Crippen molar-refractivity contribution in [3.05, 3.63) is 23.5 Å². The fourth-order valence-corrected chi connectivity index (χ4v) is 1.59. The highest BCUT2D eigenvalue weighted by Crippen LogP contribution is 2.31. The molecule has 0 N–H and O–H groups in total. The van der Waals surface area contributed by atoms with E-state index >= 15 is 0 Å². The largest absolute Gasteiger partial charge is 0.493 e. The number of carbonyl (C=O) groups excluding carboxylic acids is 1. The summed E-state index contributed by atoms with van der Waals surface area (Å²) in [5.74, 6) is -0.238. The summed E-state index contributed by atoms with van der Waals surface area (Å²) in [5, 5.41) is 0. The van der Waals surface area contributed by atoms with Crippen LogP contribution in [0.2, 0.25) is 0 Å². The van der Waals surface area contributed by atoms with Gasteiger partial charge in [-0.25, -0.2) is 4.39 Å². The Balaban J connectivity index is 3.21. The van der Waals surface area contributed by atoms with Gasteiger partial charge in [0.1, 0.15) is 5.82 Å². The van der Waals surface area contributed by atoms with E-state index in [1.807, 2.05) is 13.8 Å².